The highest BCUT2D eigenvalue weighted by atomic mass is 16.4. The summed E-state index contributed by atoms with van der Waals surface area (Å²) >= 11 is 0. The van der Waals surface area contributed by atoms with Crippen LogP contribution in [0.15, 0.2) is 18.6 Å². The number of fused-ring (bicyclic) bond motifs is 1. The number of aryl methyl sites for hydroxylation is 1. The van der Waals surface area contributed by atoms with Gasteiger partial charge in [-0.1, -0.05) is 0 Å². The van der Waals surface area contributed by atoms with Crippen molar-refractivity contribution in [3.05, 3.63) is 30.1 Å². The van der Waals surface area contributed by atoms with E-state index in [2.05, 4.69) is 9.97 Å². The van der Waals surface area contributed by atoms with Gasteiger partial charge in [-0.3, -0.25) is 14.2 Å². The zero-order valence-corrected chi connectivity index (χ0v) is 7.64. The highest BCUT2D eigenvalue weighted by molar-refractivity contribution is 5.69. The van der Waals surface area contributed by atoms with Crippen LogP contribution < -0.4 is 0 Å². The van der Waals surface area contributed by atoms with Crippen molar-refractivity contribution in [1.29, 1.82) is 0 Å². The molecule has 1 N–H and O–H groups in total. The van der Waals surface area contributed by atoms with E-state index in [1.54, 1.807) is 23.0 Å². The lowest BCUT2D eigenvalue weighted by molar-refractivity contribution is -0.136. The summed E-state index contributed by atoms with van der Waals surface area (Å²) in [6, 6.07) is 0. The first-order valence-electron chi connectivity index (χ1n) is 4.18. The first-order valence-corrected chi connectivity index (χ1v) is 4.18. The SMILES string of the molecule is Cc1nc(CC(=O)O)n2ccncc12. The van der Waals surface area contributed by atoms with Gasteiger partial charge in [0, 0.05) is 12.4 Å². The molecular formula is C9H9N3O2. The van der Waals surface area contributed by atoms with Crippen molar-refractivity contribution >= 4 is 11.5 Å². The van der Waals surface area contributed by atoms with Crippen LogP contribution in [-0.4, -0.2) is 25.4 Å². The average Bonchev–Trinajstić information content (AvgIpc) is 2.44. The van der Waals surface area contributed by atoms with Crippen LogP contribution >= 0.6 is 0 Å². The van der Waals surface area contributed by atoms with E-state index in [1.807, 2.05) is 6.92 Å². The van der Waals surface area contributed by atoms with Crippen molar-refractivity contribution in [1.82, 2.24) is 14.4 Å². The lowest BCUT2D eigenvalue weighted by atomic mass is 10.4. The third-order valence-corrected chi connectivity index (χ3v) is 2.01. The number of hydrogen-bond acceptors (Lipinski definition) is 3. The van der Waals surface area contributed by atoms with Crippen molar-refractivity contribution in [2.24, 2.45) is 0 Å². The fourth-order valence-corrected chi connectivity index (χ4v) is 1.42. The van der Waals surface area contributed by atoms with E-state index in [0.29, 0.717) is 5.82 Å². The Morgan fingerprint density at radius 1 is 1.64 bits per heavy atom. The Balaban J connectivity index is 2.60. The minimum absolute atomic E-state index is 0.0704. The molecule has 0 unspecified atom stereocenters. The summed E-state index contributed by atoms with van der Waals surface area (Å²) in [6.45, 7) is 1.84. The zero-order chi connectivity index (χ0) is 10.1. The average molecular weight is 191 g/mol. The summed E-state index contributed by atoms with van der Waals surface area (Å²) in [5, 5.41) is 8.67. The number of nitrogens with zero attached hydrogens (tertiary/aromatic N) is 3. The Hall–Kier alpha value is -1.91. The molecule has 0 saturated heterocycles. The van der Waals surface area contributed by atoms with Gasteiger partial charge in [-0.25, -0.2) is 4.98 Å². The minimum Gasteiger partial charge on any atom is -0.481 e. The van der Waals surface area contributed by atoms with Crippen LogP contribution in [-0.2, 0) is 11.2 Å². The Bertz CT molecular complexity index is 490. The fourth-order valence-electron chi connectivity index (χ4n) is 1.42. The van der Waals surface area contributed by atoms with E-state index in [-0.39, 0.29) is 6.42 Å². The Labute approximate surface area is 80.0 Å². The van der Waals surface area contributed by atoms with Gasteiger partial charge in [-0.15, -0.1) is 0 Å². The maximum Gasteiger partial charge on any atom is 0.311 e. The molecule has 5 nitrogen and oxygen atoms in total. The molecule has 5 heteroatoms. The summed E-state index contributed by atoms with van der Waals surface area (Å²) in [4.78, 5) is 18.7. The summed E-state index contributed by atoms with van der Waals surface area (Å²) in [6.07, 6.45) is 4.93. The smallest absolute Gasteiger partial charge is 0.311 e. The van der Waals surface area contributed by atoms with Gasteiger partial charge in [-0.2, -0.15) is 0 Å². The maximum absolute atomic E-state index is 10.6. The number of carboxylic acids is 1. The monoisotopic (exact) mass is 191 g/mol. The van der Waals surface area contributed by atoms with Crippen molar-refractivity contribution in [2.75, 3.05) is 0 Å². The van der Waals surface area contributed by atoms with Gasteiger partial charge in [-0.05, 0) is 6.92 Å². The molecule has 0 fully saturated rings. The molecule has 0 radical (unpaired) electrons. The third-order valence-electron chi connectivity index (χ3n) is 2.01. The van der Waals surface area contributed by atoms with Crippen LogP contribution in [0.3, 0.4) is 0 Å². The Kier molecular flexibility index (Phi) is 1.92. The molecule has 0 saturated carbocycles. The van der Waals surface area contributed by atoms with E-state index in [0.717, 1.165) is 11.2 Å². The van der Waals surface area contributed by atoms with Crippen molar-refractivity contribution in [3.63, 3.8) is 0 Å². The van der Waals surface area contributed by atoms with E-state index >= 15 is 0 Å². The van der Waals surface area contributed by atoms with Crippen LogP contribution in [0.1, 0.15) is 11.5 Å². The topological polar surface area (TPSA) is 67.5 Å². The van der Waals surface area contributed by atoms with Crippen molar-refractivity contribution < 1.29 is 9.90 Å². The van der Waals surface area contributed by atoms with Crippen LogP contribution in [0.4, 0.5) is 0 Å². The second-order valence-electron chi connectivity index (χ2n) is 3.02. The molecule has 72 valence electrons. The van der Waals surface area contributed by atoms with Crippen molar-refractivity contribution in [2.45, 2.75) is 13.3 Å². The number of carboxylic acid groups (broad SMARTS) is 1. The molecule has 2 aromatic heterocycles. The second-order valence-corrected chi connectivity index (χ2v) is 3.02. The number of aromatic nitrogens is 3. The number of carbonyl (C=O) groups is 1. The molecular weight excluding hydrogens is 182 g/mol. The highest BCUT2D eigenvalue weighted by Crippen LogP contribution is 2.10. The van der Waals surface area contributed by atoms with Gasteiger partial charge < -0.3 is 5.11 Å². The number of aliphatic carboxylic acids is 1. The minimum atomic E-state index is -0.881. The van der Waals surface area contributed by atoms with Gasteiger partial charge >= 0.3 is 5.97 Å². The van der Waals surface area contributed by atoms with Gasteiger partial charge in [0.15, 0.2) is 0 Å². The number of rotatable bonds is 2. The predicted molar refractivity (Wildman–Crippen MR) is 49.1 cm³/mol. The van der Waals surface area contributed by atoms with Crippen LogP contribution in [0, 0.1) is 6.92 Å². The number of imidazole rings is 1. The van der Waals surface area contributed by atoms with Gasteiger partial charge in [0.25, 0.3) is 0 Å². The quantitative estimate of drug-likeness (QED) is 0.757. The molecule has 14 heavy (non-hydrogen) atoms. The lowest BCUT2D eigenvalue weighted by Crippen LogP contribution is -2.04. The molecule has 0 aliphatic carbocycles. The van der Waals surface area contributed by atoms with E-state index < -0.39 is 5.97 Å². The Morgan fingerprint density at radius 2 is 2.43 bits per heavy atom. The second kappa shape index (κ2) is 3.10. The molecule has 2 aromatic rings. The van der Waals surface area contributed by atoms with Gasteiger partial charge in [0.1, 0.15) is 12.2 Å². The third kappa shape index (κ3) is 1.32. The summed E-state index contributed by atoms with van der Waals surface area (Å²) in [5.41, 5.74) is 1.65. The van der Waals surface area contributed by atoms with Crippen LogP contribution in [0.2, 0.25) is 0 Å². The fraction of sp³-hybridized carbons (Fsp3) is 0.222. The van der Waals surface area contributed by atoms with Crippen LogP contribution in [0.25, 0.3) is 5.52 Å². The molecule has 0 aliphatic heterocycles. The molecule has 0 bridgehead atoms. The lowest BCUT2D eigenvalue weighted by Gasteiger charge is -1.95. The Morgan fingerprint density at radius 3 is 3.14 bits per heavy atom. The van der Waals surface area contributed by atoms with Crippen LogP contribution in [0.5, 0.6) is 0 Å². The first kappa shape index (κ1) is 8.68. The highest BCUT2D eigenvalue weighted by Gasteiger charge is 2.10. The van der Waals surface area contributed by atoms with E-state index in [9.17, 15) is 4.79 Å². The van der Waals surface area contributed by atoms with E-state index in [1.165, 1.54) is 0 Å². The number of hydrogen-bond donors (Lipinski definition) is 1. The normalized spacial score (nSPS) is 10.6. The molecule has 0 aromatic carbocycles. The molecule has 0 atom stereocenters. The summed E-state index contributed by atoms with van der Waals surface area (Å²) in [7, 11) is 0. The molecule has 0 aliphatic rings. The zero-order valence-electron chi connectivity index (χ0n) is 7.64. The van der Waals surface area contributed by atoms with Gasteiger partial charge in [0.05, 0.1) is 17.4 Å². The van der Waals surface area contributed by atoms with Crippen molar-refractivity contribution in [3.8, 4) is 0 Å². The maximum atomic E-state index is 10.6. The molecule has 2 rings (SSSR count). The summed E-state index contributed by atoms with van der Waals surface area (Å²) < 4.78 is 1.75. The largest absolute Gasteiger partial charge is 0.481 e. The molecule has 0 amide bonds. The first-order chi connectivity index (χ1) is 6.68. The standard InChI is InChI=1S/C9H9N3O2/c1-6-7-5-10-2-3-12(7)8(11-6)4-9(13)14/h2-3,5H,4H2,1H3,(H,13,14). The predicted octanol–water partition coefficient (Wildman–Crippen LogP) is 0.665. The summed E-state index contributed by atoms with van der Waals surface area (Å²) in [5.74, 6) is -0.346. The van der Waals surface area contributed by atoms with E-state index in [4.69, 9.17) is 5.11 Å². The molecule has 0 spiro atoms. The molecule has 2 heterocycles. The van der Waals surface area contributed by atoms with Gasteiger partial charge in [0.2, 0.25) is 0 Å².